The number of amides is 1. The minimum Gasteiger partial charge on any atom is -0.479 e. The Hall–Kier alpha value is -1.87. The van der Waals surface area contributed by atoms with E-state index in [-0.39, 0.29) is 4.90 Å². The third kappa shape index (κ3) is 4.70. The van der Waals surface area contributed by atoms with Crippen molar-refractivity contribution in [3.63, 3.8) is 0 Å². The maximum absolute atomic E-state index is 12.4. The molecule has 0 aliphatic rings. The summed E-state index contributed by atoms with van der Waals surface area (Å²) in [6.45, 7) is 1.58. The van der Waals surface area contributed by atoms with E-state index in [0.717, 1.165) is 6.26 Å². The second kappa shape index (κ2) is 7.63. The highest BCUT2D eigenvalue weighted by atomic mass is 35.5. The largest absolute Gasteiger partial charge is 0.479 e. The van der Waals surface area contributed by atoms with E-state index in [1.54, 1.807) is 25.1 Å². The van der Waals surface area contributed by atoms with Gasteiger partial charge in [-0.05, 0) is 43.3 Å². The SMILES string of the molecule is C[C@@H](Oc1ccc(Cl)cc1Cl)C(=O)Nc1nc2ccc(S(C)(=O)=O)cc2s1. The first-order valence-electron chi connectivity index (χ1n) is 7.67. The van der Waals surface area contributed by atoms with Gasteiger partial charge in [-0.2, -0.15) is 0 Å². The predicted octanol–water partition coefficient (Wildman–Crippen LogP) is 4.41. The van der Waals surface area contributed by atoms with Crippen molar-refractivity contribution in [2.75, 3.05) is 11.6 Å². The first kappa shape index (κ1) is 19.9. The fraction of sp³-hybridized carbons (Fsp3) is 0.176. The van der Waals surface area contributed by atoms with Gasteiger partial charge in [0, 0.05) is 11.3 Å². The standard InChI is InChI=1S/C17H14Cl2N2O4S2/c1-9(25-14-6-3-10(18)7-12(14)19)16(22)21-17-20-13-5-4-11(27(2,23)24)8-15(13)26-17/h3-9H,1-2H3,(H,20,21,22)/t9-/m1/s1. The van der Waals surface area contributed by atoms with Crippen molar-refractivity contribution in [1.82, 2.24) is 4.98 Å². The van der Waals surface area contributed by atoms with Crippen molar-refractivity contribution in [3.05, 3.63) is 46.4 Å². The summed E-state index contributed by atoms with van der Waals surface area (Å²) in [5.74, 6) is -0.0748. The van der Waals surface area contributed by atoms with Gasteiger partial charge in [-0.25, -0.2) is 13.4 Å². The Morgan fingerprint density at radius 2 is 1.96 bits per heavy atom. The van der Waals surface area contributed by atoms with Crippen LogP contribution in [0.4, 0.5) is 5.13 Å². The molecule has 3 aromatic rings. The molecule has 0 unspecified atom stereocenters. The number of fused-ring (bicyclic) bond motifs is 1. The third-order valence-corrected chi connectivity index (χ3v) is 6.16. The molecule has 0 aliphatic carbocycles. The molecule has 1 amide bonds. The lowest BCUT2D eigenvalue weighted by Gasteiger charge is -2.14. The number of sulfone groups is 1. The van der Waals surface area contributed by atoms with Crippen LogP contribution in [0.15, 0.2) is 41.3 Å². The maximum Gasteiger partial charge on any atom is 0.266 e. The fourth-order valence-electron chi connectivity index (χ4n) is 2.21. The van der Waals surface area contributed by atoms with Crippen molar-refractivity contribution in [2.24, 2.45) is 0 Å². The summed E-state index contributed by atoms with van der Waals surface area (Å²) >= 11 is 13.1. The van der Waals surface area contributed by atoms with Crippen molar-refractivity contribution in [1.29, 1.82) is 0 Å². The number of thiazole rings is 1. The van der Waals surface area contributed by atoms with Crippen LogP contribution in [0.25, 0.3) is 10.2 Å². The average molecular weight is 445 g/mol. The number of aromatic nitrogens is 1. The van der Waals surface area contributed by atoms with Crippen LogP contribution in [0.5, 0.6) is 5.75 Å². The van der Waals surface area contributed by atoms with Crippen molar-refractivity contribution < 1.29 is 17.9 Å². The first-order chi connectivity index (χ1) is 12.6. The Labute approximate surface area is 170 Å². The van der Waals surface area contributed by atoms with Gasteiger partial charge in [-0.1, -0.05) is 34.5 Å². The highest BCUT2D eigenvalue weighted by Gasteiger charge is 2.18. The van der Waals surface area contributed by atoms with Crippen LogP contribution >= 0.6 is 34.5 Å². The molecule has 0 radical (unpaired) electrons. The first-order valence-corrected chi connectivity index (χ1v) is 11.1. The number of nitrogens with zero attached hydrogens (tertiary/aromatic N) is 1. The Bertz CT molecular complexity index is 1130. The third-order valence-electron chi connectivity index (χ3n) is 3.59. The van der Waals surface area contributed by atoms with E-state index in [0.29, 0.717) is 31.1 Å². The van der Waals surface area contributed by atoms with Crippen LogP contribution in [0.3, 0.4) is 0 Å². The summed E-state index contributed by atoms with van der Waals surface area (Å²) in [6.07, 6.45) is 0.306. The molecular formula is C17H14Cl2N2O4S2. The second-order valence-electron chi connectivity index (χ2n) is 5.74. The molecule has 10 heteroatoms. The van der Waals surface area contributed by atoms with Gasteiger partial charge in [0.05, 0.1) is 20.1 Å². The summed E-state index contributed by atoms with van der Waals surface area (Å²) < 4.78 is 29.5. The minimum atomic E-state index is -3.31. The molecule has 1 aromatic heterocycles. The Morgan fingerprint density at radius 3 is 2.63 bits per heavy atom. The van der Waals surface area contributed by atoms with Crippen LogP contribution in [0.2, 0.25) is 10.0 Å². The molecule has 27 heavy (non-hydrogen) atoms. The molecule has 2 aromatic carbocycles. The number of hydrogen-bond acceptors (Lipinski definition) is 6. The number of benzene rings is 2. The van der Waals surface area contributed by atoms with Crippen LogP contribution in [-0.2, 0) is 14.6 Å². The summed E-state index contributed by atoms with van der Waals surface area (Å²) in [5.41, 5.74) is 0.594. The molecule has 0 aliphatic heterocycles. The van der Waals surface area contributed by atoms with Crippen LogP contribution < -0.4 is 10.1 Å². The molecule has 142 valence electrons. The smallest absolute Gasteiger partial charge is 0.266 e. The van der Waals surface area contributed by atoms with Gasteiger partial charge in [0.25, 0.3) is 5.91 Å². The van der Waals surface area contributed by atoms with Crippen molar-refractivity contribution >= 4 is 65.6 Å². The van der Waals surface area contributed by atoms with Crippen LogP contribution in [0, 0.1) is 0 Å². The van der Waals surface area contributed by atoms with E-state index in [9.17, 15) is 13.2 Å². The number of carbonyl (C=O) groups excluding carboxylic acids is 1. The summed E-state index contributed by atoms with van der Waals surface area (Å²) in [7, 11) is -3.31. The van der Waals surface area contributed by atoms with Gasteiger partial charge in [-0.15, -0.1) is 0 Å². The quantitative estimate of drug-likeness (QED) is 0.629. The molecule has 0 saturated heterocycles. The lowest BCUT2D eigenvalue weighted by Crippen LogP contribution is -2.30. The molecule has 0 bridgehead atoms. The molecule has 0 fully saturated rings. The number of ether oxygens (including phenoxy) is 1. The summed E-state index contributed by atoms with van der Waals surface area (Å²) in [4.78, 5) is 16.9. The number of nitrogens with one attached hydrogen (secondary N) is 1. The molecule has 0 saturated carbocycles. The Morgan fingerprint density at radius 1 is 1.22 bits per heavy atom. The van der Waals surface area contributed by atoms with E-state index in [2.05, 4.69) is 10.3 Å². The number of halogens is 2. The fourth-order valence-corrected chi connectivity index (χ4v) is 4.29. The van der Waals surface area contributed by atoms with Crippen LogP contribution in [0.1, 0.15) is 6.92 Å². The predicted molar refractivity (Wildman–Crippen MR) is 108 cm³/mol. The highest BCUT2D eigenvalue weighted by Crippen LogP contribution is 2.30. The van der Waals surface area contributed by atoms with E-state index < -0.39 is 21.8 Å². The Kier molecular flexibility index (Phi) is 5.62. The van der Waals surface area contributed by atoms with Gasteiger partial charge in [-0.3, -0.25) is 10.1 Å². The zero-order chi connectivity index (χ0) is 19.8. The molecule has 0 spiro atoms. The van der Waals surface area contributed by atoms with Crippen LogP contribution in [-0.4, -0.2) is 31.7 Å². The number of rotatable bonds is 5. The monoisotopic (exact) mass is 444 g/mol. The second-order valence-corrected chi connectivity index (χ2v) is 9.63. The normalized spacial score (nSPS) is 12.7. The van der Waals surface area contributed by atoms with E-state index >= 15 is 0 Å². The number of hydrogen-bond donors (Lipinski definition) is 1. The van der Waals surface area contributed by atoms with Gasteiger partial charge in [0.2, 0.25) is 0 Å². The topological polar surface area (TPSA) is 85.4 Å². The molecule has 6 nitrogen and oxygen atoms in total. The van der Waals surface area contributed by atoms with Gasteiger partial charge in [0.15, 0.2) is 21.1 Å². The highest BCUT2D eigenvalue weighted by molar-refractivity contribution is 7.90. The van der Waals surface area contributed by atoms with Crippen molar-refractivity contribution in [3.8, 4) is 5.75 Å². The lowest BCUT2D eigenvalue weighted by atomic mass is 10.3. The van der Waals surface area contributed by atoms with Crippen molar-refractivity contribution in [2.45, 2.75) is 17.9 Å². The molecule has 1 atom stereocenters. The maximum atomic E-state index is 12.4. The van der Waals surface area contributed by atoms with Gasteiger partial charge >= 0.3 is 0 Å². The Balaban J connectivity index is 1.75. The lowest BCUT2D eigenvalue weighted by molar-refractivity contribution is -0.122. The van der Waals surface area contributed by atoms with E-state index in [4.69, 9.17) is 27.9 Å². The summed E-state index contributed by atoms with van der Waals surface area (Å²) in [6, 6.07) is 9.34. The van der Waals surface area contributed by atoms with E-state index in [1.807, 2.05) is 0 Å². The zero-order valence-corrected chi connectivity index (χ0v) is 17.3. The van der Waals surface area contributed by atoms with Gasteiger partial charge < -0.3 is 4.74 Å². The molecule has 1 heterocycles. The van der Waals surface area contributed by atoms with E-state index in [1.165, 1.54) is 29.5 Å². The summed E-state index contributed by atoms with van der Waals surface area (Å²) in [5, 5.41) is 3.78. The zero-order valence-electron chi connectivity index (χ0n) is 14.2. The molecule has 1 N–H and O–H groups in total. The average Bonchev–Trinajstić information content (AvgIpc) is 2.97. The minimum absolute atomic E-state index is 0.200. The molecular weight excluding hydrogens is 431 g/mol. The number of anilines is 1. The van der Waals surface area contributed by atoms with Gasteiger partial charge in [0.1, 0.15) is 5.75 Å². The molecule has 3 rings (SSSR count). The number of carbonyl (C=O) groups is 1.